The third-order valence-corrected chi connectivity index (χ3v) is 4.21. The van der Waals surface area contributed by atoms with E-state index in [1.54, 1.807) is 4.81 Å². The van der Waals surface area contributed by atoms with Crippen molar-refractivity contribution in [3.63, 3.8) is 0 Å². The van der Waals surface area contributed by atoms with Gasteiger partial charge in [-0.2, -0.15) is 5.10 Å². The molecule has 1 aliphatic rings. The van der Waals surface area contributed by atoms with Crippen LogP contribution in [0.3, 0.4) is 0 Å². The summed E-state index contributed by atoms with van der Waals surface area (Å²) in [6, 6.07) is 0. The van der Waals surface area contributed by atoms with E-state index >= 15 is 0 Å². The van der Waals surface area contributed by atoms with Crippen LogP contribution in [-0.4, -0.2) is 45.6 Å². The van der Waals surface area contributed by atoms with Crippen molar-refractivity contribution in [2.45, 2.75) is 52.0 Å². The monoisotopic (exact) mass is 299 g/mol. The van der Waals surface area contributed by atoms with Crippen LogP contribution in [0.5, 0.6) is 0 Å². The molecule has 0 amide bonds. The second-order valence-corrected chi connectivity index (χ2v) is 7.15. The van der Waals surface area contributed by atoms with Crippen molar-refractivity contribution in [2.75, 3.05) is 13.1 Å². The Hall–Kier alpha value is -1.63. The van der Waals surface area contributed by atoms with Crippen molar-refractivity contribution >= 4 is 19.0 Å². The topological polar surface area (TPSA) is 66.8 Å². The average Bonchev–Trinajstić information content (AvgIpc) is 2.76. The SMILES string of the molecule is [B]N1CCCC(c2nc3c(c(C)nn3C(C)(C)C)c(=O)[nH]2)C1. The summed E-state index contributed by atoms with van der Waals surface area (Å²) >= 11 is 0. The fourth-order valence-corrected chi connectivity index (χ4v) is 3.10. The number of fused-ring (bicyclic) bond motifs is 1. The van der Waals surface area contributed by atoms with Gasteiger partial charge in [-0.1, -0.05) is 0 Å². The Morgan fingerprint density at radius 2 is 2.09 bits per heavy atom. The number of hydrogen-bond acceptors (Lipinski definition) is 4. The molecule has 1 saturated heterocycles. The molecular formula is C15H22BN5O. The Labute approximate surface area is 131 Å². The van der Waals surface area contributed by atoms with Gasteiger partial charge in [0, 0.05) is 5.92 Å². The van der Waals surface area contributed by atoms with E-state index in [1.807, 2.05) is 11.6 Å². The molecular weight excluding hydrogens is 277 g/mol. The van der Waals surface area contributed by atoms with Gasteiger partial charge < -0.3 is 9.79 Å². The molecule has 1 atom stereocenters. The number of rotatable bonds is 1. The predicted molar refractivity (Wildman–Crippen MR) is 87.2 cm³/mol. The zero-order valence-electron chi connectivity index (χ0n) is 13.7. The molecule has 1 unspecified atom stereocenters. The number of piperidine rings is 1. The molecule has 0 bridgehead atoms. The molecule has 3 heterocycles. The number of aryl methyl sites for hydroxylation is 1. The summed E-state index contributed by atoms with van der Waals surface area (Å²) in [5.74, 6) is 0.887. The number of aromatic nitrogens is 4. The molecule has 2 aromatic heterocycles. The average molecular weight is 299 g/mol. The first-order chi connectivity index (χ1) is 10.3. The van der Waals surface area contributed by atoms with Crippen molar-refractivity contribution in [1.82, 2.24) is 24.6 Å². The number of aromatic amines is 1. The molecule has 1 fully saturated rings. The molecule has 6 nitrogen and oxygen atoms in total. The summed E-state index contributed by atoms with van der Waals surface area (Å²) in [6.07, 6.45) is 2.01. The molecule has 22 heavy (non-hydrogen) atoms. The maximum atomic E-state index is 12.5. The van der Waals surface area contributed by atoms with E-state index < -0.39 is 0 Å². The highest BCUT2D eigenvalue weighted by Gasteiger charge is 2.25. The van der Waals surface area contributed by atoms with Gasteiger partial charge in [-0.3, -0.25) is 4.79 Å². The van der Waals surface area contributed by atoms with Crippen molar-refractivity contribution in [3.8, 4) is 0 Å². The van der Waals surface area contributed by atoms with Crippen LogP contribution in [0.2, 0.25) is 0 Å². The minimum absolute atomic E-state index is 0.109. The zero-order valence-corrected chi connectivity index (χ0v) is 13.7. The van der Waals surface area contributed by atoms with E-state index in [4.69, 9.17) is 13.0 Å². The van der Waals surface area contributed by atoms with E-state index in [-0.39, 0.29) is 17.0 Å². The first kappa shape index (κ1) is 15.3. The van der Waals surface area contributed by atoms with Crippen LogP contribution < -0.4 is 5.56 Å². The smallest absolute Gasteiger partial charge is 0.262 e. The minimum Gasteiger partial charge on any atom is -0.353 e. The van der Waals surface area contributed by atoms with Gasteiger partial charge >= 0.3 is 0 Å². The lowest BCUT2D eigenvalue weighted by Crippen LogP contribution is -2.33. The molecule has 0 aromatic carbocycles. The van der Waals surface area contributed by atoms with Crippen molar-refractivity contribution < 1.29 is 0 Å². The lowest BCUT2D eigenvalue weighted by Gasteiger charge is -2.29. The summed E-state index contributed by atoms with van der Waals surface area (Å²) in [6.45, 7) is 9.64. The van der Waals surface area contributed by atoms with Gasteiger partial charge in [-0.05, 0) is 53.6 Å². The number of nitrogens with one attached hydrogen (secondary N) is 1. The van der Waals surface area contributed by atoms with Crippen LogP contribution in [0.25, 0.3) is 11.0 Å². The molecule has 0 aliphatic carbocycles. The Bertz CT molecular complexity index is 758. The molecule has 1 N–H and O–H groups in total. The Kier molecular flexibility index (Phi) is 3.63. The Morgan fingerprint density at radius 3 is 2.73 bits per heavy atom. The van der Waals surface area contributed by atoms with Gasteiger partial charge in [0.05, 0.1) is 11.2 Å². The van der Waals surface area contributed by atoms with Gasteiger partial charge in [0.15, 0.2) is 13.6 Å². The predicted octanol–water partition coefficient (Wildman–Crippen LogP) is 1.45. The molecule has 0 saturated carbocycles. The highest BCUT2D eigenvalue weighted by molar-refractivity contribution is 6.04. The summed E-state index contributed by atoms with van der Waals surface area (Å²) in [4.78, 5) is 22.0. The van der Waals surface area contributed by atoms with Gasteiger partial charge in [-0.15, -0.1) is 0 Å². The number of hydrogen-bond donors (Lipinski definition) is 1. The third kappa shape index (κ3) is 2.58. The Balaban J connectivity index is 2.16. The molecule has 116 valence electrons. The standard InChI is InChI=1S/C15H22BN5O/c1-9-11-13(21(19-9)15(2,3)4)17-12(18-14(11)22)10-6-5-7-20(16)8-10/h10H,5-8H2,1-4H3,(H,17,18,22). The fourth-order valence-electron chi connectivity index (χ4n) is 3.10. The molecule has 7 heteroatoms. The van der Waals surface area contributed by atoms with E-state index in [0.29, 0.717) is 16.7 Å². The molecule has 2 aromatic rings. The van der Waals surface area contributed by atoms with Crippen LogP contribution in [0.1, 0.15) is 51.0 Å². The maximum absolute atomic E-state index is 12.5. The lowest BCUT2D eigenvalue weighted by atomic mass is 9.95. The summed E-state index contributed by atoms with van der Waals surface area (Å²) in [5.41, 5.74) is 1.05. The van der Waals surface area contributed by atoms with E-state index in [1.165, 1.54) is 0 Å². The third-order valence-electron chi connectivity index (χ3n) is 4.21. The Morgan fingerprint density at radius 1 is 1.36 bits per heavy atom. The highest BCUT2D eigenvalue weighted by Crippen LogP contribution is 2.26. The van der Waals surface area contributed by atoms with E-state index in [0.717, 1.165) is 31.8 Å². The van der Waals surface area contributed by atoms with Crippen molar-refractivity contribution in [3.05, 3.63) is 21.9 Å². The summed E-state index contributed by atoms with van der Waals surface area (Å²) < 4.78 is 1.85. The quantitative estimate of drug-likeness (QED) is 0.809. The number of nitrogens with zero attached hydrogens (tertiary/aromatic N) is 4. The van der Waals surface area contributed by atoms with Gasteiger partial charge in [0.25, 0.3) is 5.56 Å². The van der Waals surface area contributed by atoms with Crippen LogP contribution in [0.4, 0.5) is 0 Å². The van der Waals surface area contributed by atoms with Crippen molar-refractivity contribution in [1.29, 1.82) is 0 Å². The maximum Gasteiger partial charge on any atom is 0.262 e. The lowest BCUT2D eigenvalue weighted by molar-refractivity contribution is 0.322. The summed E-state index contributed by atoms with van der Waals surface area (Å²) in [7, 11) is 5.91. The highest BCUT2D eigenvalue weighted by atomic mass is 16.1. The number of H-pyrrole nitrogens is 1. The molecule has 1 aliphatic heterocycles. The van der Waals surface area contributed by atoms with Gasteiger partial charge in [-0.25, -0.2) is 9.67 Å². The second kappa shape index (κ2) is 5.23. The van der Waals surface area contributed by atoms with E-state index in [2.05, 4.69) is 30.9 Å². The normalized spacial score (nSPS) is 20.6. The van der Waals surface area contributed by atoms with Crippen molar-refractivity contribution in [2.24, 2.45) is 0 Å². The van der Waals surface area contributed by atoms with E-state index in [9.17, 15) is 4.79 Å². The van der Waals surface area contributed by atoms with Crippen LogP contribution in [0, 0.1) is 6.92 Å². The van der Waals surface area contributed by atoms with Crippen LogP contribution >= 0.6 is 0 Å². The minimum atomic E-state index is -0.225. The van der Waals surface area contributed by atoms with Gasteiger partial charge in [0.1, 0.15) is 11.2 Å². The largest absolute Gasteiger partial charge is 0.353 e. The van der Waals surface area contributed by atoms with Crippen LogP contribution in [-0.2, 0) is 5.54 Å². The fraction of sp³-hybridized carbons (Fsp3) is 0.667. The van der Waals surface area contributed by atoms with Gasteiger partial charge in [0.2, 0.25) is 0 Å². The zero-order chi connectivity index (χ0) is 16.1. The molecule has 0 spiro atoms. The first-order valence-corrected chi connectivity index (χ1v) is 7.77. The molecule has 3 rings (SSSR count). The van der Waals surface area contributed by atoms with Crippen LogP contribution in [0.15, 0.2) is 4.79 Å². The molecule has 2 radical (unpaired) electrons. The summed E-state index contributed by atoms with van der Waals surface area (Å²) in [5, 5.41) is 5.10. The first-order valence-electron chi connectivity index (χ1n) is 7.77. The second-order valence-electron chi connectivity index (χ2n) is 7.15.